The smallest absolute Gasteiger partial charge is 0.261 e. The number of benzene rings is 1. The first-order chi connectivity index (χ1) is 13.8. The van der Waals surface area contributed by atoms with E-state index in [1.165, 1.54) is 6.26 Å². The summed E-state index contributed by atoms with van der Waals surface area (Å²) in [6, 6.07) is 7.13. The van der Waals surface area contributed by atoms with Crippen molar-refractivity contribution in [2.45, 2.75) is 45.6 Å². The van der Waals surface area contributed by atoms with Crippen LogP contribution in [0.15, 0.2) is 29.1 Å². The molecule has 0 spiro atoms. The largest absolute Gasteiger partial charge is 0.494 e. The van der Waals surface area contributed by atoms with Gasteiger partial charge in [-0.1, -0.05) is 0 Å². The predicted molar refractivity (Wildman–Crippen MR) is 114 cm³/mol. The fourth-order valence-corrected chi connectivity index (χ4v) is 4.11. The predicted octanol–water partition coefficient (Wildman–Crippen LogP) is 2.21. The molecule has 2 aromatic rings. The van der Waals surface area contributed by atoms with Gasteiger partial charge in [-0.25, -0.2) is 13.4 Å². The molecule has 3 rings (SSSR count). The zero-order chi connectivity index (χ0) is 21.0. The van der Waals surface area contributed by atoms with E-state index in [0.717, 1.165) is 48.4 Å². The van der Waals surface area contributed by atoms with Crippen molar-refractivity contribution >= 4 is 9.84 Å². The molecular weight excluding hydrogens is 390 g/mol. The lowest BCUT2D eigenvalue weighted by Crippen LogP contribution is -2.35. The molecule has 7 nitrogen and oxygen atoms in total. The highest BCUT2D eigenvalue weighted by atomic mass is 32.2. The van der Waals surface area contributed by atoms with E-state index in [9.17, 15) is 13.2 Å². The van der Waals surface area contributed by atoms with Crippen LogP contribution in [0.3, 0.4) is 0 Å². The third kappa shape index (κ3) is 5.25. The van der Waals surface area contributed by atoms with Crippen LogP contribution < -0.4 is 15.6 Å². The summed E-state index contributed by atoms with van der Waals surface area (Å²) in [6.07, 6.45) is 4.79. The van der Waals surface area contributed by atoms with E-state index >= 15 is 0 Å². The average Bonchev–Trinajstić information content (AvgIpc) is 2.68. The molecule has 1 aliphatic carbocycles. The minimum absolute atomic E-state index is 0.0365. The standard InChI is InChI=1S/C21H29N3O4S/c1-4-28-17-11-9-16(10-12-17)24-20(15(2)22-13-14-29(3,26)27)23-19-8-6-5-7-18(19)21(24)25/h9-12,15,22H,4-8,13-14H2,1-3H3/t15-/m1/s1. The Hall–Kier alpha value is -2.19. The summed E-state index contributed by atoms with van der Waals surface area (Å²) < 4.78 is 30.1. The molecule has 0 fully saturated rings. The molecule has 0 saturated carbocycles. The topological polar surface area (TPSA) is 90.3 Å². The molecule has 0 bridgehead atoms. The number of rotatable bonds is 8. The van der Waals surface area contributed by atoms with Crippen LogP contribution in [0.4, 0.5) is 0 Å². The summed E-state index contributed by atoms with van der Waals surface area (Å²) in [4.78, 5) is 18.2. The fraction of sp³-hybridized carbons (Fsp3) is 0.524. The molecule has 1 aliphatic rings. The van der Waals surface area contributed by atoms with Crippen LogP contribution in [0.2, 0.25) is 0 Å². The molecule has 8 heteroatoms. The Bertz CT molecular complexity index is 1010. The van der Waals surface area contributed by atoms with Crippen molar-refractivity contribution in [3.8, 4) is 11.4 Å². The van der Waals surface area contributed by atoms with E-state index in [0.29, 0.717) is 19.0 Å². The minimum atomic E-state index is -3.06. The van der Waals surface area contributed by atoms with Crippen molar-refractivity contribution in [3.63, 3.8) is 0 Å². The molecular formula is C21H29N3O4S. The minimum Gasteiger partial charge on any atom is -0.494 e. The highest BCUT2D eigenvalue weighted by Crippen LogP contribution is 2.22. The number of nitrogens with one attached hydrogen (secondary N) is 1. The summed E-state index contributed by atoms with van der Waals surface area (Å²) in [7, 11) is -3.06. The van der Waals surface area contributed by atoms with E-state index in [4.69, 9.17) is 9.72 Å². The maximum atomic E-state index is 13.4. The molecule has 1 aromatic carbocycles. The number of aromatic nitrogens is 2. The summed E-state index contributed by atoms with van der Waals surface area (Å²) in [5, 5.41) is 3.21. The molecule has 0 amide bonds. The van der Waals surface area contributed by atoms with Gasteiger partial charge in [-0.05, 0) is 63.8 Å². The van der Waals surface area contributed by atoms with Gasteiger partial charge in [-0.3, -0.25) is 9.36 Å². The van der Waals surface area contributed by atoms with Crippen molar-refractivity contribution < 1.29 is 13.2 Å². The lowest BCUT2D eigenvalue weighted by molar-refractivity contribution is 0.340. The van der Waals surface area contributed by atoms with Gasteiger partial charge >= 0.3 is 0 Å². The van der Waals surface area contributed by atoms with Crippen LogP contribution in [0, 0.1) is 0 Å². The SMILES string of the molecule is CCOc1ccc(-n2c([C@@H](C)NCCS(C)(=O)=O)nc3c(c2=O)CCCC3)cc1. The Morgan fingerprint density at radius 2 is 1.90 bits per heavy atom. The normalized spacial score (nSPS) is 15.0. The number of nitrogens with zero attached hydrogens (tertiary/aromatic N) is 2. The second kappa shape index (κ2) is 9.09. The van der Waals surface area contributed by atoms with Crippen molar-refractivity contribution in [3.05, 3.63) is 51.7 Å². The van der Waals surface area contributed by atoms with Gasteiger partial charge < -0.3 is 10.1 Å². The average molecular weight is 420 g/mol. The van der Waals surface area contributed by atoms with E-state index in [1.54, 1.807) is 4.57 Å². The number of sulfone groups is 1. The molecule has 0 saturated heterocycles. The summed E-state index contributed by atoms with van der Waals surface area (Å²) in [5.74, 6) is 1.39. The van der Waals surface area contributed by atoms with Gasteiger partial charge in [-0.2, -0.15) is 0 Å². The molecule has 0 aliphatic heterocycles. The first-order valence-electron chi connectivity index (χ1n) is 10.1. The Kier molecular flexibility index (Phi) is 6.74. The highest BCUT2D eigenvalue weighted by Gasteiger charge is 2.23. The Morgan fingerprint density at radius 3 is 2.55 bits per heavy atom. The number of ether oxygens (including phenoxy) is 1. The van der Waals surface area contributed by atoms with Crippen LogP contribution in [-0.4, -0.2) is 43.1 Å². The third-order valence-corrected chi connectivity index (χ3v) is 6.04. The Balaban J connectivity index is 2.01. The van der Waals surface area contributed by atoms with E-state index in [-0.39, 0.29) is 17.4 Å². The second-order valence-corrected chi connectivity index (χ2v) is 9.74. The maximum Gasteiger partial charge on any atom is 0.261 e. The lowest BCUT2D eigenvalue weighted by atomic mass is 9.96. The first kappa shape index (κ1) is 21.5. The molecule has 29 heavy (non-hydrogen) atoms. The Labute approximate surface area is 172 Å². The summed E-state index contributed by atoms with van der Waals surface area (Å²) >= 11 is 0. The number of hydrogen-bond acceptors (Lipinski definition) is 6. The molecule has 0 radical (unpaired) electrons. The van der Waals surface area contributed by atoms with Gasteiger partial charge in [0.25, 0.3) is 5.56 Å². The number of fused-ring (bicyclic) bond motifs is 1. The molecule has 0 unspecified atom stereocenters. The summed E-state index contributed by atoms with van der Waals surface area (Å²) in [5.41, 5.74) is 2.35. The highest BCUT2D eigenvalue weighted by molar-refractivity contribution is 7.90. The van der Waals surface area contributed by atoms with Crippen molar-refractivity contribution in [2.24, 2.45) is 0 Å². The summed E-state index contributed by atoms with van der Waals surface area (Å²) in [6.45, 7) is 4.71. The van der Waals surface area contributed by atoms with Crippen LogP contribution in [0.5, 0.6) is 5.75 Å². The van der Waals surface area contributed by atoms with E-state index in [2.05, 4.69) is 5.32 Å². The van der Waals surface area contributed by atoms with Crippen LogP contribution in [0.25, 0.3) is 5.69 Å². The lowest BCUT2D eigenvalue weighted by Gasteiger charge is -2.23. The van der Waals surface area contributed by atoms with Gasteiger partial charge in [0.1, 0.15) is 21.4 Å². The maximum absolute atomic E-state index is 13.4. The van der Waals surface area contributed by atoms with Crippen LogP contribution >= 0.6 is 0 Å². The molecule has 1 atom stereocenters. The second-order valence-electron chi connectivity index (χ2n) is 7.48. The third-order valence-electron chi connectivity index (χ3n) is 5.10. The van der Waals surface area contributed by atoms with Gasteiger partial charge in [0.2, 0.25) is 0 Å². The molecule has 1 heterocycles. The number of hydrogen-bond donors (Lipinski definition) is 1. The number of aryl methyl sites for hydroxylation is 1. The zero-order valence-corrected chi connectivity index (χ0v) is 18.1. The quantitative estimate of drug-likeness (QED) is 0.706. The van der Waals surface area contributed by atoms with Crippen LogP contribution in [-0.2, 0) is 22.7 Å². The van der Waals surface area contributed by atoms with Crippen LogP contribution in [0.1, 0.15) is 49.8 Å². The van der Waals surface area contributed by atoms with Gasteiger partial charge in [0, 0.05) is 18.4 Å². The monoisotopic (exact) mass is 419 g/mol. The zero-order valence-electron chi connectivity index (χ0n) is 17.3. The van der Waals surface area contributed by atoms with Crippen molar-refractivity contribution in [2.75, 3.05) is 25.2 Å². The van der Waals surface area contributed by atoms with Gasteiger partial charge in [0.05, 0.1) is 29.8 Å². The Morgan fingerprint density at radius 1 is 1.21 bits per heavy atom. The van der Waals surface area contributed by atoms with Crippen molar-refractivity contribution in [1.82, 2.24) is 14.9 Å². The molecule has 1 aromatic heterocycles. The van der Waals surface area contributed by atoms with Crippen molar-refractivity contribution in [1.29, 1.82) is 0 Å². The van der Waals surface area contributed by atoms with E-state index < -0.39 is 9.84 Å². The molecule has 1 N–H and O–H groups in total. The molecule has 158 valence electrons. The van der Waals surface area contributed by atoms with Gasteiger partial charge in [0.15, 0.2) is 0 Å². The fourth-order valence-electron chi connectivity index (χ4n) is 3.62. The van der Waals surface area contributed by atoms with Gasteiger partial charge in [-0.15, -0.1) is 0 Å². The first-order valence-corrected chi connectivity index (χ1v) is 12.1. The van der Waals surface area contributed by atoms with E-state index in [1.807, 2.05) is 38.1 Å².